The Morgan fingerprint density at radius 2 is 2.12 bits per heavy atom. The van der Waals surface area contributed by atoms with Crippen molar-refractivity contribution in [1.29, 1.82) is 0 Å². The van der Waals surface area contributed by atoms with Crippen molar-refractivity contribution >= 4 is 0 Å². The molecule has 2 N–H and O–H groups in total. The molecule has 0 amide bonds. The number of phenolic OH excluding ortho intramolecular Hbond substituents is 1. The normalized spacial score (nSPS) is 10.8. The molecule has 0 fully saturated rings. The molecule has 1 rings (SSSR count). The second kappa shape index (κ2) is 7.17. The van der Waals surface area contributed by atoms with Crippen molar-refractivity contribution < 1.29 is 9.84 Å². The first-order chi connectivity index (χ1) is 8.13. The lowest BCUT2D eigenvalue weighted by molar-refractivity contribution is 0.317. The first kappa shape index (κ1) is 13.8. The molecule has 17 heavy (non-hydrogen) atoms. The summed E-state index contributed by atoms with van der Waals surface area (Å²) in [6.45, 7) is 8.87. The zero-order valence-electron chi connectivity index (χ0n) is 11.0. The molecule has 0 unspecified atom stereocenters. The summed E-state index contributed by atoms with van der Waals surface area (Å²) in [5, 5.41) is 13.0. The third-order valence-electron chi connectivity index (χ3n) is 2.47. The largest absolute Gasteiger partial charge is 0.504 e. The highest BCUT2D eigenvalue weighted by atomic mass is 16.5. The molecule has 0 aliphatic carbocycles. The lowest BCUT2D eigenvalue weighted by Crippen LogP contribution is -2.22. The van der Waals surface area contributed by atoms with Crippen LogP contribution in [0.15, 0.2) is 18.2 Å². The molecule has 3 nitrogen and oxygen atoms in total. The maximum atomic E-state index is 9.57. The van der Waals surface area contributed by atoms with Crippen LogP contribution in [0.1, 0.15) is 26.3 Å². The van der Waals surface area contributed by atoms with Gasteiger partial charge in [0.2, 0.25) is 0 Å². The molecule has 0 aromatic heterocycles. The van der Waals surface area contributed by atoms with Gasteiger partial charge in [0.15, 0.2) is 11.5 Å². The fourth-order valence-corrected chi connectivity index (χ4v) is 1.61. The van der Waals surface area contributed by atoms with Gasteiger partial charge in [-0.05, 0) is 50.0 Å². The summed E-state index contributed by atoms with van der Waals surface area (Å²) in [6.07, 6.45) is 0.951. The smallest absolute Gasteiger partial charge is 0.161 e. The van der Waals surface area contributed by atoms with Gasteiger partial charge in [-0.2, -0.15) is 0 Å². The van der Waals surface area contributed by atoms with Crippen molar-refractivity contribution in [2.75, 3.05) is 19.7 Å². The fraction of sp³-hybridized carbons (Fsp3) is 0.571. The van der Waals surface area contributed by atoms with Crippen LogP contribution in [-0.2, 0) is 6.42 Å². The number of phenols is 1. The van der Waals surface area contributed by atoms with Crippen LogP contribution < -0.4 is 10.1 Å². The Labute approximate surface area is 104 Å². The van der Waals surface area contributed by atoms with Crippen LogP contribution in [0.3, 0.4) is 0 Å². The first-order valence-electron chi connectivity index (χ1n) is 6.29. The lowest BCUT2D eigenvalue weighted by Gasteiger charge is -2.10. The summed E-state index contributed by atoms with van der Waals surface area (Å²) in [5.74, 6) is 1.47. The van der Waals surface area contributed by atoms with E-state index in [0.717, 1.165) is 19.5 Å². The second-order valence-electron chi connectivity index (χ2n) is 4.58. The number of rotatable bonds is 7. The summed E-state index contributed by atoms with van der Waals surface area (Å²) in [4.78, 5) is 0. The summed E-state index contributed by atoms with van der Waals surface area (Å²) in [6, 6.07) is 5.55. The number of nitrogens with one attached hydrogen (secondary N) is 1. The summed E-state index contributed by atoms with van der Waals surface area (Å²) < 4.78 is 5.35. The number of hydrogen-bond donors (Lipinski definition) is 2. The Balaban J connectivity index is 2.45. The van der Waals surface area contributed by atoms with E-state index >= 15 is 0 Å². The molecule has 0 aliphatic heterocycles. The van der Waals surface area contributed by atoms with Crippen LogP contribution in [0.25, 0.3) is 0 Å². The minimum atomic E-state index is 0.214. The van der Waals surface area contributed by atoms with E-state index in [1.165, 1.54) is 5.56 Å². The summed E-state index contributed by atoms with van der Waals surface area (Å²) >= 11 is 0. The molecule has 0 aliphatic rings. The minimum absolute atomic E-state index is 0.214. The lowest BCUT2D eigenvalue weighted by atomic mass is 10.1. The molecule has 0 radical (unpaired) electrons. The monoisotopic (exact) mass is 237 g/mol. The highest BCUT2D eigenvalue weighted by Crippen LogP contribution is 2.26. The average Bonchev–Trinajstić information content (AvgIpc) is 2.28. The molecule has 0 saturated heterocycles. The third kappa shape index (κ3) is 5.09. The van der Waals surface area contributed by atoms with Crippen LogP contribution in [0.4, 0.5) is 0 Å². The highest BCUT2D eigenvalue weighted by molar-refractivity contribution is 5.41. The van der Waals surface area contributed by atoms with E-state index in [0.29, 0.717) is 18.3 Å². The summed E-state index contributed by atoms with van der Waals surface area (Å²) in [7, 11) is 0. The number of benzene rings is 1. The zero-order valence-corrected chi connectivity index (χ0v) is 11.0. The third-order valence-corrected chi connectivity index (χ3v) is 2.47. The van der Waals surface area contributed by atoms with E-state index in [4.69, 9.17) is 4.74 Å². The van der Waals surface area contributed by atoms with Crippen LogP contribution in [0.2, 0.25) is 0 Å². The summed E-state index contributed by atoms with van der Waals surface area (Å²) in [5.41, 5.74) is 1.18. The quantitative estimate of drug-likeness (QED) is 0.716. The fourth-order valence-electron chi connectivity index (χ4n) is 1.61. The van der Waals surface area contributed by atoms with Gasteiger partial charge in [-0.3, -0.25) is 0 Å². The van der Waals surface area contributed by atoms with Gasteiger partial charge in [-0.1, -0.05) is 19.9 Å². The van der Waals surface area contributed by atoms with Gasteiger partial charge in [0.25, 0.3) is 0 Å². The van der Waals surface area contributed by atoms with Gasteiger partial charge >= 0.3 is 0 Å². The van der Waals surface area contributed by atoms with Crippen molar-refractivity contribution in [2.45, 2.75) is 27.2 Å². The van der Waals surface area contributed by atoms with Crippen molar-refractivity contribution in [3.05, 3.63) is 23.8 Å². The number of hydrogen-bond acceptors (Lipinski definition) is 3. The van der Waals surface area contributed by atoms with E-state index in [-0.39, 0.29) is 5.75 Å². The molecular weight excluding hydrogens is 214 g/mol. The SMILES string of the molecule is CCOc1cc(CCNCC(C)C)ccc1O. The van der Waals surface area contributed by atoms with Gasteiger partial charge in [0, 0.05) is 0 Å². The topological polar surface area (TPSA) is 41.5 Å². The predicted molar refractivity (Wildman–Crippen MR) is 70.7 cm³/mol. The number of aromatic hydroxyl groups is 1. The first-order valence-corrected chi connectivity index (χ1v) is 6.29. The molecule has 0 spiro atoms. The highest BCUT2D eigenvalue weighted by Gasteiger charge is 2.03. The van der Waals surface area contributed by atoms with Gasteiger partial charge in [-0.25, -0.2) is 0 Å². The average molecular weight is 237 g/mol. The van der Waals surface area contributed by atoms with Crippen molar-refractivity contribution in [2.24, 2.45) is 5.92 Å². The molecular formula is C14H23NO2. The second-order valence-corrected chi connectivity index (χ2v) is 4.58. The maximum Gasteiger partial charge on any atom is 0.161 e. The van der Waals surface area contributed by atoms with Crippen LogP contribution in [0, 0.1) is 5.92 Å². The molecule has 0 atom stereocenters. The van der Waals surface area contributed by atoms with Crippen LogP contribution in [-0.4, -0.2) is 24.8 Å². The van der Waals surface area contributed by atoms with Crippen LogP contribution in [0.5, 0.6) is 11.5 Å². The maximum absolute atomic E-state index is 9.57. The Morgan fingerprint density at radius 3 is 2.76 bits per heavy atom. The molecule has 0 saturated carbocycles. The minimum Gasteiger partial charge on any atom is -0.504 e. The van der Waals surface area contributed by atoms with E-state index in [1.807, 2.05) is 19.1 Å². The van der Waals surface area contributed by atoms with Crippen molar-refractivity contribution in [1.82, 2.24) is 5.32 Å². The Morgan fingerprint density at radius 1 is 1.35 bits per heavy atom. The predicted octanol–water partition coefficient (Wildman–Crippen LogP) is 2.58. The van der Waals surface area contributed by atoms with Gasteiger partial charge in [-0.15, -0.1) is 0 Å². The van der Waals surface area contributed by atoms with E-state index in [1.54, 1.807) is 6.07 Å². The molecule has 0 bridgehead atoms. The van der Waals surface area contributed by atoms with E-state index < -0.39 is 0 Å². The van der Waals surface area contributed by atoms with Gasteiger partial charge in [0.05, 0.1) is 6.61 Å². The standard InChI is InChI=1S/C14H23NO2/c1-4-17-14-9-12(5-6-13(14)16)7-8-15-10-11(2)3/h5-6,9,11,15-16H,4,7-8,10H2,1-3H3. The Bertz CT molecular complexity index is 337. The number of ether oxygens (including phenoxy) is 1. The molecule has 3 heteroatoms. The van der Waals surface area contributed by atoms with Crippen LogP contribution >= 0.6 is 0 Å². The van der Waals surface area contributed by atoms with Crippen molar-refractivity contribution in [3.8, 4) is 11.5 Å². The van der Waals surface area contributed by atoms with E-state index in [9.17, 15) is 5.11 Å². The Kier molecular flexibility index (Phi) is 5.84. The van der Waals surface area contributed by atoms with E-state index in [2.05, 4.69) is 19.2 Å². The van der Waals surface area contributed by atoms with Gasteiger partial charge in [0.1, 0.15) is 0 Å². The van der Waals surface area contributed by atoms with Gasteiger partial charge < -0.3 is 15.2 Å². The molecule has 1 aromatic rings. The zero-order chi connectivity index (χ0) is 12.7. The molecule has 96 valence electrons. The van der Waals surface area contributed by atoms with Crippen molar-refractivity contribution in [3.63, 3.8) is 0 Å². The molecule has 1 aromatic carbocycles. The Hall–Kier alpha value is -1.22. The molecule has 0 heterocycles.